The molecule has 1 aromatic heterocycles. The van der Waals surface area contributed by atoms with E-state index in [4.69, 9.17) is 14.0 Å². The number of alkyl halides is 3. The Morgan fingerprint density at radius 2 is 1.82 bits per heavy atom. The first-order valence-electron chi connectivity index (χ1n) is 10.0. The first-order chi connectivity index (χ1) is 15.6. The minimum atomic E-state index is -4.49. The highest BCUT2D eigenvalue weighted by Crippen LogP contribution is 2.31. The Morgan fingerprint density at radius 3 is 2.48 bits per heavy atom. The van der Waals surface area contributed by atoms with Gasteiger partial charge >= 0.3 is 6.18 Å². The third kappa shape index (κ3) is 6.72. The number of aliphatic hydroxyl groups is 1. The number of carbonyl (C=O) groups is 1. The minimum Gasteiger partial charge on any atom is -0.491 e. The van der Waals surface area contributed by atoms with Gasteiger partial charge in [0.1, 0.15) is 36.6 Å². The molecule has 0 aliphatic carbocycles. The average molecular weight is 464 g/mol. The summed E-state index contributed by atoms with van der Waals surface area (Å²) in [6.45, 7) is 3.38. The van der Waals surface area contributed by atoms with Gasteiger partial charge in [0, 0.05) is 12.1 Å². The van der Waals surface area contributed by atoms with Crippen LogP contribution in [0.2, 0.25) is 0 Å². The monoisotopic (exact) mass is 464 g/mol. The van der Waals surface area contributed by atoms with Gasteiger partial charge in [-0.2, -0.15) is 13.2 Å². The number of aromatic nitrogens is 1. The summed E-state index contributed by atoms with van der Waals surface area (Å²) in [5, 5.41) is 16.4. The second-order valence-corrected chi connectivity index (χ2v) is 7.32. The minimum absolute atomic E-state index is 0.0293. The van der Waals surface area contributed by atoms with Crippen molar-refractivity contribution in [3.63, 3.8) is 0 Å². The lowest BCUT2D eigenvalue weighted by atomic mass is 10.2. The van der Waals surface area contributed by atoms with Crippen LogP contribution >= 0.6 is 0 Å². The highest BCUT2D eigenvalue weighted by Gasteiger charge is 2.30. The Balaban J connectivity index is 1.49. The smallest absolute Gasteiger partial charge is 0.416 e. The number of rotatable bonds is 9. The number of benzene rings is 2. The van der Waals surface area contributed by atoms with Crippen molar-refractivity contribution in [3.05, 3.63) is 76.7 Å². The number of amides is 1. The van der Waals surface area contributed by atoms with Crippen LogP contribution in [-0.4, -0.2) is 35.4 Å². The highest BCUT2D eigenvalue weighted by atomic mass is 19.4. The van der Waals surface area contributed by atoms with Crippen LogP contribution in [0.15, 0.2) is 53.1 Å². The molecule has 3 aromatic rings. The molecule has 0 bridgehead atoms. The SMILES string of the molecule is Cc1noc(C)c1COc1cccc(C(=O)NCC(O)COc2cccc(C(F)(F)F)c2)c1. The standard InChI is InChI=1S/C23H23F3N2O5/c1-14-21(15(2)33-28-14)13-32-19-7-3-5-16(9-19)22(30)27-11-18(29)12-31-20-8-4-6-17(10-20)23(24,25)26/h3-10,18,29H,11-13H2,1-2H3,(H,27,30). The molecule has 2 N–H and O–H groups in total. The van der Waals surface area contributed by atoms with Crippen LogP contribution in [0.5, 0.6) is 11.5 Å². The fraction of sp³-hybridized carbons (Fsp3) is 0.304. The molecule has 10 heteroatoms. The molecular weight excluding hydrogens is 441 g/mol. The molecular formula is C23H23F3N2O5. The van der Waals surface area contributed by atoms with Crippen molar-refractivity contribution >= 4 is 5.91 Å². The van der Waals surface area contributed by atoms with E-state index >= 15 is 0 Å². The number of halogens is 3. The van der Waals surface area contributed by atoms with Gasteiger partial charge in [-0.3, -0.25) is 4.79 Å². The first kappa shape index (κ1) is 24.1. The maximum atomic E-state index is 12.8. The fourth-order valence-corrected chi connectivity index (χ4v) is 2.92. The van der Waals surface area contributed by atoms with Crippen molar-refractivity contribution in [1.82, 2.24) is 10.5 Å². The van der Waals surface area contributed by atoms with E-state index in [2.05, 4.69) is 10.5 Å². The summed E-state index contributed by atoms with van der Waals surface area (Å²) in [4.78, 5) is 12.4. The van der Waals surface area contributed by atoms with Gasteiger partial charge < -0.3 is 24.4 Å². The summed E-state index contributed by atoms with van der Waals surface area (Å²) in [5.74, 6) is 0.646. The summed E-state index contributed by atoms with van der Waals surface area (Å²) < 4.78 is 54.3. The summed E-state index contributed by atoms with van der Waals surface area (Å²) in [6.07, 6.45) is -5.61. The Morgan fingerprint density at radius 1 is 1.12 bits per heavy atom. The average Bonchev–Trinajstić information content (AvgIpc) is 3.11. The maximum Gasteiger partial charge on any atom is 0.416 e. The predicted molar refractivity (Wildman–Crippen MR) is 112 cm³/mol. The van der Waals surface area contributed by atoms with Crippen LogP contribution in [0, 0.1) is 13.8 Å². The summed E-state index contributed by atoms with van der Waals surface area (Å²) in [7, 11) is 0. The van der Waals surface area contributed by atoms with Gasteiger partial charge in [0.2, 0.25) is 0 Å². The van der Waals surface area contributed by atoms with Crippen LogP contribution in [-0.2, 0) is 12.8 Å². The van der Waals surface area contributed by atoms with Crippen LogP contribution < -0.4 is 14.8 Å². The Labute approximate surface area is 188 Å². The molecule has 0 saturated carbocycles. The van der Waals surface area contributed by atoms with Crippen molar-refractivity contribution in [2.24, 2.45) is 0 Å². The Bertz CT molecular complexity index is 1080. The molecule has 1 amide bonds. The molecule has 0 spiro atoms. The number of hydrogen-bond donors (Lipinski definition) is 2. The van der Waals surface area contributed by atoms with Gasteiger partial charge in [-0.25, -0.2) is 0 Å². The molecule has 0 aliphatic rings. The second kappa shape index (κ2) is 10.4. The van der Waals surface area contributed by atoms with E-state index in [1.807, 2.05) is 0 Å². The molecule has 0 aliphatic heterocycles. The second-order valence-electron chi connectivity index (χ2n) is 7.32. The van der Waals surface area contributed by atoms with E-state index in [1.165, 1.54) is 12.1 Å². The van der Waals surface area contributed by atoms with Crippen LogP contribution in [0.3, 0.4) is 0 Å². The van der Waals surface area contributed by atoms with E-state index in [0.717, 1.165) is 23.4 Å². The van der Waals surface area contributed by atoms with Gasteiger partial charge in [-0.1, -0.05) is 17.3 Å². The topological polar surface area (TPSA) is 93.8 Å². The van der Waals surface area contributed by atoms with E-state index in [9.17, 15) is 23.1 Å². The molecule has 0 radical (unpaired) electrons. The third-order valence-electron chi connectivity index (χ3n) is 4.76. The summed E-state index contributed by atoms with van der Waals surface area (Å²) >= 11 is 0. The van der Waals surface area contributed by atoms with Crippen molar-refractivity contribution in [3.8, 4) is 11.5 Å². The molecule has 7 nitrogen and oxygen atoms in total. The van der Waals surface area contributed by atoms with Crippen LogP contribution in [0.1, 0.15) is 32.9 Å². The molecule has 3 rings (SSSR count). The lowest BCUT2D eigenvalue weighted by molar-refractivity contribution is -0.137. The number of nitrogens with zero attached hydrogens (tertiary/aromatic N) is 1. The van der Waals surface area contributed by atoms with Crippen LogP contribution in [0.25, 0.3) is 0 Å². The summed E-state index contributed by atoms with van der Waals surface area (Å²) in [5.41, 5.74) is 1.02. The predicted octanol–water partition coefficient (Wildman–Crippen LogP) is 4.06. The third-order valence-corrected chi connectivity index (χ3v) is 4.76. The number of aryl methyl sites for hydroxylation is 2. The summed E-state index contributed by atoms with van der Waals surface area (Å²) in [6, 6.07) is 10.8. The van der Waals surface area contributed by atoms with Gasteiger partial charge in [0.15, 0.2) is 0 Å². The van der Waals surface area contributed by atoms with Crippen LogP contribution in [0.4, 0.5) is 13.2 Å². The number of hydrogen-bond acceptors (Lipinski definition) is 6. The highest BCUT2D eigenvalue weighted by molar-refractivity contribution is 5.94. The molecule has 0 saturated heterocycles. The molecule has 2 aromatic carbocycles. The number of carbonyl (C=O) groups excluding carboxylic acids is 1. The lowest BCUT2D eigenvalue weighted by Crippen LogP contribution is -2.35. The quantitative estimate of drug-likeness (QED) is 0.496. The van der Waals surface area contributed by atoms with E-state index < -0.39 is 23.8 Å². The van der Waals surface area contributed by atoms with Gasteiger partial charge in [0.25, 0.3) is 5.91 Å². The maximum absolute atomic E-state index is 12.8. The van der Waals surface area contributed by atoms with Gasteiger partial charge in [-0.15, -0.1) is 0 Å². The molecule has 1 atom stereocenters. The Hall–Kier alpha value is -3.53. The zero-order chi connectivity index (χ0) is 24.0. The van der Waals surface area contributed by atoms with Crippen molar-refractivity contribution in [2.75, 3.05) is 13.2 Å². The molecule has 176 valence electrons. The van der Waals surface area contributed by atoms with Crippen molar-refractivity contribution < 1.29 is 37.1 Å². The Kier molecular flexibility index (Phi) is 7.59. The lowest BCUT2D eigenvalue weighted by Gasteiger charge is -2.15. The molecule has 1 heterocycles. The van der Waals surface area contributed by atoms with Gasteiger partial charge in [0.05, 0.1) is 16.8 Å². The fourth-order valence-electron chi connectivity index (χ4n) is 2.92. The van der Waals surface area contributed by atoms with Crippen molar-refractivity contribution in [2.45, 2.75) is 32.7 Å². The first-order valence-corrected chi connectivity index (χ1v) is 10.0. The van der Waals surface area contributed by atoms with E-state index in [1.54, 1.807) is 38.1 Å². The number of aliphatic hydroxyl groups excluding tert-OH is 1. The number of ether oxygens (including phenoxy) is 2. The van der Waals surface area contributed by atoms with E-state index in [0.29, 0.717) is 17.1 Å². The number of nitrogens with one attached hydrogen (secondary N) is 1. The molecule has 33 heavy (non-hydrogen) atoms. The van der Waals surface area contributed by atoms with Gasteiger partial charge in [-0.05, 0) is 50.2 Å². The molecule has 0 fully saturated rings. The largest absolute Gasteiger partial charge is 0.491 e. The molecule has 1 unspecified atom stereocenters. The zero-order valence-corrected chi connectivity index (χ0v) is 18.0. The van der Waals surface area contributed by atoms with Crippen molar-refractivity contribution in [1.29, 1.82) is 0 Å². The zero-order valence-electron chi connectivity index (χ0n) is 18.0. The van der Waals surface area contributed by atoms with E-state index in [-0.39, 0.29) is 25.5 Å². The normalized spacial score (nSPS) is 12.3.